The molecule has 0 saturated heterocycles. The summed E-state index contributed by atoms with van der Waals surface area (Å²) in [5.41, 5.74) is 4.98. The summed E-state index contributed by atoms with van der Waals surface area (Å²) in [4.78, 5) is 8.90. The van der Waals surface area contributed by atoms with Gasteiger partial charge in [0.1, 0.15) is 0 Å². The zero-order chi connectivity index (χ0) is 21.7. The van der Waals surface area contributed by atoms with Crippen LogP contribution in [0.4, 0.5) is 26.3 Å². The molecule has 7 nitrogen and oxygen atoms in total. The molecule has 2 aromatic rings. The topological polar surface area (TPSA) is 118 Å². The van der Waals surface area contributed by atoms with Crippen LogP contribution in [0.25, 0.3) is 5.69 Å². The number of aromatic nitrogens is 3. The summed E-state index contributed by atoms with van der Waals surface area (Å²) in [5, 5.41) is 23.5. The van der Waals surface area contributed by atoms with Crippen LogP contribution in [-0.4, -0.2) is 38.3 Å². The molecule has 0 unspecified atom stereocenters. The Morgan fingerprint density at radius 3 is 2.32 bits per heavy atom. The number of carbonyl (C=O) groups is 1. The number of nitrogens with zero attached hydrogens (tertiary/aromatic N) is 4. The van der Waals surface area contributed by atoms with Crippen molar-refractivity contribution < 1.29 is 36.2 Å². The lowest BCUT2D eigenvalue weighted by Gasteiger charge is -2.10. The lowest BCUT2D eigenvalue weighted by molar-refractivity contribution is -0.192. The first-order valence-corrected chi connectivity index (χ1v) is 7.34. The number of halogens is 6. The highest BCUT2D eigenvalue weighted by Crippen LogP contribution is 2.33. The van der Waals surface area contributed by atoms with E-state index in [4.69, 9.17) is 20.9 Å². The highest BCUT2D eigenvalue weighted by atomic mass is 19.4. The third kappa shape index (κ3) is 6.54. The summed E-state index contributed by atoms with van der Waals surface area (Å²) in [6.07, 6.45) is -7.69. The Balaban J connectivity index is 0.000000480. The van der Waals surface area contributed by atoms with E-state index in [1.165, 1.54) is 23.0 Å². The Labute approximate surface area is 154 Å². The van der Waals surface area contributed by atoms with Crippen molar-refractivity contribution in [2.75, 3.05) is 0 Å². The fourth-order valence-electron chi connectivity index (χ4n) is 1.85. The third-order valence-corrected chi connectivity index (χ3v) is 3.01. The number of carboxylic acids is 1. The van der Waals surface area contributed by atoms with Gasteiger partial charge in [-0.25, -0.2) is 9.48 Å². The van der Waals surface area contributed by atoms with Crippen LogP contribution < -0.4 is 5.73 Å². The average molecular weight is 409 g/mol. The van der Waals surface area contributed by atoms with Gasteiger partial charge < -0.3 is 10.8 Å². The van der Waals surface area contributed by atoms with Crippen LogP contribution in [0.1, 0.15) is 23.7 Å². The fraction of sp³-hybridized carbons (Fsp3) is 0.333. The molecular formula is C15H13F6N5O2. The number of hydrogen-bond donors (Lipinski definition) is 2. The fourth-order valence-corrected chi connectivity index (χ4v) is 1.85. The van der Waals surface area contributed by atoms with Crippen LogP contribution in [0.3, 0.4) is 0 Å². The SMILES string of the molecule is C[C@H](N)Cc1cn(-c2ccc(C#N)c(C(F)(F)F)c2)nn1.O=C(O)C(F)(F)F. The summed E-state index contributed by atoms with van der Waals surface area (Å²) >= 11 is 0. The Kier molecular flexibility index (Phi) is 7.11. The lowest BCUT2D eigenvalue weighted by atomic mass is 10.1. The van der Waals surface area contributed by atoms with Crippen molar-refractivity contribution in [3.8, 4) is 11.8 Å². The molecule has 1 heterocycles. The average Bonchev–Trinajstić information content (AvgIpc) is 3.00. The van der Waals surface area contributed by atoms with Gasteiger partial charge in [-0.3, -0.25) is 0 Å². The zero-order valence-corrected chi connectivity index (χ0v) is 14.1. The van der Waals surface area contributed by atoms with Gasteiger partial charge in [-0.15, -0.1) is 5.10 Å². The van der Waals surface area contributed by atoms with Gasteiger partial charge in [0.2, 0.25) is 0 Å². The van der Waals surface area contributed by atoms with Crippen molar-refractivity contribution in [2.24, 2.45) is 5.73 Å². The van der Waals surface area contributed by atoms with Crippen molar-refractivity contribution in [3.63, 3.8) is 0 Å². The molecule has 2 rings (SSSR count). The number of nitriles is 1. The summed E-state index contributed by atoms with van der Waals surface area (Å²) < 4.78 is 71.7. The molecule has 0 amide bonds. The maximum Gasteiger partial charge on any atom is 0.490 e. The Morgan fingerprint density at radius 1 is 1.32 bits per heavy atom. The molecule has 0 saturated carbocycles. The van der Waals surface area contributed by atoms with E-state index in [1.54, 1.807) is 6.92 Å². The molecule has 0 radical (unpaired) electrons. The van der Waals surface area contributed by atoms with Gasteiger partial charge in [-0.05, 0) is 25.1 Å². The maximum absolute atomic E-state index is 12.9. The Hall–Kier alpha value is -3.14. The lowest BCUT2D eigenvalue weighted by Crippen LogP contribution is -2.21. The minimum absolute atomic E-state index is 0.123. The van der Waals surface area contributed by atoms with E-state index < -0.39 is 29.4 Å². The number of rotatable bonds is 3. The smallest absolute Gasteiger partial charge is 0.475 e. The van der Waals surface area contributed by atoms with E-state index in [0.717, 1.165) is 12.1 Å². The standard InChI is InChI=1S/C13H12F3N5.C2HF3O2/c1-8(18)4-10-7-21(20-19-10)11-3-2-9(6-17)12(5-11)13(14,15)16;3-2(4,5)1(6)7/h2-3,5,7-8H,4,18H2,1H3;(H,6,7)/t8-;/m0./s1. The van der Waals surface area contributed by atoms with Crippen LogP contribution in [0.2, 0.25) is 0 Å². The summed E-state index contributed by atoms with van der Waals surface area (Å²) in [6, 6.07) is 4.79. The first-order valence-electron chi connectivity index (χ1n) is 7.34. The second kappa shape index (κ2) is 8.70. The van der Waals surface area contributed by atoms with Crippen molar-refractivity contribution in [2.45, 2.75) is 31.7 Å². The predicted molar refractivity (Wildman–Crippen MR) is 82.1 cm³/mol. The number of nitrogens with two attached hydrogens (primary N) is 1. The second-order valence-electron chi connectivity index (χ2n) is 5.48. The molecule has 152 valence electrons. The van der Waals surface area contributed by atoms with E-state index >= 15 is 0 Å². The Bertz CT molecular complexity index is 867. The van der Waals surface area contributed by atoms with E-state index in [0.29, 0.717) is 12.1 Å². The molecule has 3 N–H and O–H groups in total. The second-order valence-corrected chi connectivity index (χ2v) is 5.48. The van der Waals surface area contributed by atoms with Gasteiger partial charge in [-0.2, -0.15) is 31.6 Å². The number of carboxylic acid groups (broad SMARTS) is 1. The number of benzene rings is 1. The highest BCUT2D eigenvalue weighted by Gasteiger charge is 2.38. The monoisotopic (exact) mass is 409 g/mol. The molecule has 28 heavy (non-hydrogen) atoms. The van der Waals surface area contributed by atoms with Gasteiger partial charge in [0.05, 0.1) is 34.8 Å². The molecule has 0 spiro atoms. The molecule has 0 aliphatic heterocycles. The number of alkyl halides is 6. The molecule has 0 fully saturated rings. The molecule has 1 aromatic carbocycles. The molecule has 13 heteroatoms. The van der Waals surface area contributed by atoms with Gasteiger partial charge in [-0.1, -0.05) is 5.21 Å². The number of hydrogen-bond acceptors (Lipinski definition) is 5. The van der Waals surface area contributed by atoms with Crippen molar-refractivity contribution in [3.05, 3.63) is 41.2 Å². The zero-order valence-electron chi connectivity index (χ0n) is 14.1. The van der Waals surface area contributed by atoms with E-state index in [1.807, 2.05) is 0 Å². The van der Waals surface area contributed by atoms with Gasteiger partial charge >= 0.3 is 18.3 Å². The molecule has 1 aromatic heterocycles. The van der Waals surface area contributed by atoms with Crippen molar-refractivity contribution in [1.29, 1.82) is 5.26 Å². The van der Waals surface area contributed by atoms with Crippen LogP contribution in [0.5, 0.6) is 0 Å². The van der Waals surface area contributed by atoms with Gasteiger partial charge in [0.15, 0.2) is 0 Å². The minimum atomic E-state index is -5.08. The summed E-state index contributed by atoms with van der Waals surface area (Å²) in [6.45, 7) is 1.79. The van der Waals surface area contributed by atoms with Crippen LogP contribution in [0.15, 0.2) is 24.4 Å². The van der Waals surface area contributed by atoms with Crippen LogP contribution in [0, 0.1) is 11.3 Å². The summed E-state index contributed by atoms with van der Waals surface area (Å²) in [7, 11) is 0. The van der Waals surface area contributed by atoms with Gasteiger partial charge in [0, 0.05) is 12.5 Å². The highest BCUT2D eigenvalue weighted by molar-refractivity contribution is 5.73. The van der Waals surface area contributed by atoms with Crippen molar-refractivity contribution in [1.82, 2.24) is 15.0 Å². The van der Waals surface area contributed by atoms with Crippen molar-refractivity contribution >= 4 is 5.97 Å². The first-order chi connectivity index (χ1) is 12.8. The third-order valence-electron chi connectivity index (χ3n) is 3.01. The quantitative estimate of drug-likeness (QED) is 0.753. The maximum atomic E-state index is 12.9. The molecule has 0 aliphatic carbocycles. The first kappa shape index (κ1) is 22.9. The predicted octanol–water partition coefficient (Wildman–Crippen LogP) is 2.68. The van der Waals surface area contributed by atoms with E-state index in [9.17, 15) is 26.3 Å². The van der Waals surface area contributed by atoms with E-state index in [2.05, 4.69) is 10.3 Å². The largest absolute Gasteiger partial charge is 0.490 e. The van der Waals surface area contributed by atoms with E-state index in [-0.39, 0.29) is 11.7 Å². The molecule has 0 bridgehead atoms. The Morgan fingerprint density at radius 2 is 1.89 bits per heavy atom. The van der Waals surface area contributed by atoms with Crippen LogP contribution >= 0.6 is 0 Å². The van der Waals surface area contributed by atoms with Gasteiger partial charge in [0.25, 0.3) is 0 Å². The molecular weight excluding hydrogens is 396 g/mol. The summed E-state index contributed by atoms with van der Waals surface area (Å²) in [5.74, 6) is -2.76. The van der Waals surface area contributed by atoms with Crippen LogP contribution in [-0.2, 0) is 17.4 Å². The number of aliphatic carboxylic acids is 1. The molecule has 0 aliphatic rings. The normalized spacial score (nSPS) is 12.5. The molecule has 1 atom stereocenters. The minimum Gasteiger partial charge on any atom is -0.475 e.